The minimum absolute atomic E-state index is 0.123. The molecule has 0 spiro atoms. The van der Waals surface area contributed by atoms with Crippen molar-refractivity contribution in [1.29, 1.82) is 0 Å². The van der Waals surface area contributed by atoms with Gasteiger partial charge in [-0.3, -0.25) is 4.90 Å². The topological polar surface area (TPSA) is 43.0 Å². The molecule has 0 saturated carbocycles. The van der Waals surface area contributed by atoms with Gasteiger partial charge in [0, 0.05) is 30.8 Å². The van der Waals surface area contributed by atoms with Crippen LogP contribution in [0.15, 0.2) is 48.5 Å². The van der Waals surface area contributed by atoms with Gasteiger partial charge < -0.3 is 19.5 Å². The molecule has 0 radical (unpaired) electrons. The molecule has 0 bridgehead atoms. The number of benzene rings is 2. The van der Waals surface area contributed by atoms with Crippen LogP contribution in [-0.2, 0) is 11.3 Å². The summed E-state index contributed by atoms with van der Waals surface area (Å²) in [5.41, 5.74) is 2.20. The summed E-state index contributed by atoms with van der Waals surface area (Å²) in [6, 6.07) is 16.4. The molecule has 0 aromatic heterocycles. The Labute approximate surface area is 174 Å². The van der Waals surface area contributed by atoms with Crippen LogP contribution < -0.4 is 14.8 Å². The maximum Gasteiger partial charge on any atom is 0.199 e. The van der Waals surface area contributed by atoms with Gasteiger partial charge in [-0.2, -0.15) is 0 Å². The maximum absolute atomic E-state index is 6.09. The Bertz CT molecular complexity index is 738. The van der Waals surface area contributed by atoms with Gasteiger partial charge in [-0.25, -0.2) is 0 Å². The lowest BCUT2D eigenvalue weighted by Crippen LogP contribution is -2.25. The number of nitrogens with one attached hydrogen (secondary N) is 1. The van der Waals surface area contributed by atoms with E-state index in [2.05, 4.69) is 28.4 Å². The van der Waals surface area contributed by atoms with Crippen molar-refractivity contribution in [2.24, 2.45) is 0 Å². The summed E-state index contributed by atoms with van der Waals surface area (Å²) in [6.45, 7) is 5.69. The minimum Gasteiger partial charge on any atom is -0.492 e. The molecule has 2 aromatic carbocycles. The zero-order chi connectivity index (χ0) is 19.7. The summed E-state index contributed by atoms with van der Waals surface area (Å²) in [5, 5.41) is 3.48. The van der Waals surface area contributed by atoms with Crippen LogP contribution in [0.2, 0.25) is 0 Å². The second-order valence-electron chi connectivity index (χ2n) is 7.80. The monoisotopic (exact) mass is 396 g/mol. The molecule has 1 unspecified atom stereocenters. The van der Waals surface area contributed by atoms with Crippen LogP contribution in [0.1, 0.15) is 37.7 Å². The first-order valence-corrected chi connectivity index (χ1v) is 10.9. The normalized spacial score (nSPS) is 19.8. The zero-order valence-electron chi connectivity index (χ0n) is 17.1. The van der Waals surface area contributed by atoms with Crippen LogP contribution in [0.25, 0.3) is 0 Å². The van der Waals surface area contributed by atoms with E-state index >= 15 is 0 Å². The largest absolute Gasteiger partial charge is 0.492 e. The minimum atomic E-state index is -0.123. The average molecular weight is 397 g/mol. The van der Waals surface area contributed by atoms with E-state index in [-0.39, 0.29) is 6.29 Å². The van der Waals surface area contributed by atoms with Crippen LogP contribution in [0, 0.1) is 0 Å². The van der Waals surface area contributed by atoms with Gasteiger partial charge in [0.15, 0.2) is 6.29 Å². The molecule has 5 heteroatoms. The second-order valence-corrected chi connectivity index (χ2v) is 7.80. The molecule has 29 heavy (non-hydrogen) atoms. The molecule has 1 atom stereocenters. The van der Waals surface area contributed by atoms with E-state index in [1.165, 1.54) is 25.9 Å². The highest BCUT2D eigenvalue weighted by molar-refractivity contribution is 5.48. The Balaban J connectivity index is 1.25. The van der Waals surface area contributed by atoms with Gasteiger partial charge in [0.1, 0.15) is 18.1 Å². The van der Waals surface area contributed by atoms with Crippen molar-refractivity contribution in [3.8, 4) is 11.5 Å². The lowest BCUT2D eigenvalue weighted by atomic mass is 10.1. The highest BCUT2D eigenvalue weighted by Crippen LogP contribution is 2.24. The quantitative estimate of drug-likeness (QED) is 0.667. The van der Waals surface area contributed by atoms with Gasteiger partial charge in [-0.1, -0.05) is 18.2 Å². The Kier molecular flexibility index (Phi) is 7.27. The van der Waals surface area contributed by atoms with Crippen LogP contribution in [0.3, 0.4) is 0 Å². The van der Waals surface area contributed by atoms with Crippen LogP contribution in [0.4, 0.5) is 5.69 Å². The summed E-state index contributed by atoms with van der Waals surface area (Å²) in [6.07, 6.45) is 5.77. The maximum atomic E-state index is 6.09. The van der Waals surface area contributed by atoms with E-state index in [4.69, 9.17) is 14.2 Å². The molecule has 4 rings (SSSR count). The summed E-state index contributed by atoms with van der Waals surface area (Å²) in [4.78, 5) is 2.47. The van der Waals surface area contributed by atoms with Crippen molar-refractivity contribution < 1.29 is 14.2 Å². The van der Waals surface area contributed by atoms with Gasteiger partial charge in [0.05, 0.1) is 6.61 Å². The summed E-state index contributed by atoms with van der Waals surface area (Å²) >= 11 is 0. The number of nitrogens with zero attached hydrogens (tertiary/aromatic N) is 1. The number of anilines is 1. The van der Waals surface area contributed by atoms with Crippen molar-refractivity contribution in [3.05, 3.63) is 54.1 Å². The van der Waals surface area contributed by atoms with E-state index in [9.17, 15) is 0 Å². The van der Waals surface area contributed by atoms with Crippen molar-refractivity contribution in [2.45, 2.75) is 44.9 Å². The number of likely N-dealkylation sites (tertiary alicyclic amines) is 1. The lowest BCUT2D eigenvalue weighted by Gasteiger charge is -2.24. The van der Waals surface area contributed by atoms with Crippen LogP contribution in [-0.4, -0.2) is 44.0 Å². The number of ether oxygens (including phenoxy) is 3. The second kappa shape index (κ2) is 10.5. The molecule has 1 N–H and O–H groups in total. The summed E-state index contributed by atoms with van der Waals surface area (Å²) in [5.74, 6) is 1.82. The SMILES string of the molecule is c1ccc(OC2CCCCO2)c(CNc2ccc(OCCN3CCCC3)cc2)c1. The molecule has 2 aliphatic heterocycles. The fourth-order valence-electron chi connectivity index (χ4n) is 3.88. The van der Waals surface area contributed by atoms with Crippen LogP contribution in [0.5, 0.6) is 11.5 Å². The van der Waals surface area contributed by atoms with E-state index in [1.54, 1.807) is 0 Å². The molecule has 2 aromatic rings. The Morgan fingerprint density at radius 3 is 2.59 bits per heavy atom. The summed E-state index contributed by atoms with van der Waals surface area (Å²) in [7, 11) is 0. The van der Waals surface area contributed by atoms with Crippen molar-refractivity contribution in [2.75, 3.05) is 38.2 Å². The van der Waals surface area contributed by atoms with Crippen molar-refractivity contribution >= 4 is 5.69 Å². The molecule has 2 aliphatic rings. The number of hydrogen-bond acceptors (Lipinski definition) is 5. The van der Waals surface area contributed by atoms with Gasteiger partial charge >= 0.3 is 0 Å². The molecular weight excluding hydrogens is 364 g/mol. The molecule has 0 aliphatic carbocycles. The number of para-hydroxylation sites is 1. The highest BCUT2D eigenvalue weighted by Gasteiger charge is 2.16. The molecule has 2 fully saturated rings. The van der Waals surface area contributed by atoms with E-state index in [0.717, 1.165) is 61.8 Å². The summed E-state index contributed by atoms with van der Waals surface area (Å²) < 4.78 is 17.7. The first-order valence-electron chi connectivity index (χ1n) is 10.9. The fourth-order valence-corrected chi connectivity index (χ4v) is 3.88. The average Bonchev–Trinajstić information content (AvgIpc) is 3.28. The van der Waals surface area contributed by atoms with E-state index in [1.807, 2.05) is 30.3 Å². The molecule has 156 valence electrons. The predicted octanol–water partition coefficient (Wildman–Crippen LogP) is 4.68. The van der Waals surface area contributed by atoms with Gasteiger partial charge in [0.2, 0.25) is 0 Å². The Morgan fingerprint density at radius 1 is 0.966 bits per heavy atom. The molecule has 5 nitrogen and oxygen atoms in total. The molecular formula is C24H32N2O3. The van der Waals surface area contributed by atoms with Crippen LogP contribution >= 0.6 is 0 Å². The standard InChI is InChI=1S/C24H32N2O3/c1-2-8-23(29-24-9-3-6-17-28-24)20(7-1)19-25-21-10-12-22(13-11-21)27-18-16-26-14-4-5-15-26/h1-2,7-8,10-13,24-25H,3-6,9,14-19H2. The first-order chi connectivity index (χ1) is 14.4. The van der Waals surface area contributed by atoms with Crippen molar-refractivity contribution in [1.82, 2.24) is 4.90 Å². The third-order valence-electron chi connectivity index (χ3n) is 5.58. The van der Waals surface area contributed by atoms with Crippen molar-refractivity contribution in [3.63, 3.8) is 0 Å². The molecule has 2 saturated heterocycles. The first kappa shape index (κ1) is 20.0. The van der Waals surface area contributed by atoms with E-state index in [0.29, 0.717) is 6.54 Å². The third-order valence-corrected chi connectivity index (χ3v) is 5.58. The van der Waals surface area contributed by atoms with E-state index < -0.39 is 0 Å². The van der Waals surface area contributed by atoms with Gasteiger partial charge in [-0.05, 0) is 69.1 Å². The Morgan fingerprint density at radius 2 is 1.79 bits per heavy atom. The number of rotatable bonds is 9. The smallest absolute Gasteiger partial charge is 0.199 e. The number of hydrogen-bond donors (Lipinski definition) is 1. The lowest BCUT2D eigenvalue weighted by molar-refractivity contribution is -0.106. The highest BCUT2D eigenvalue weighted by atomic mass is 16.7. The van der Waals surface area contributed by atoms with Gasteiger partial charge in [0.25, 0.3) is 0 Å². The molecule has 2 heterocycles. The zero-order valence-corrected chi connectivity index (χ0v) is 17.1. The van der Waals surface area contributed by atoms with Gasteiger partial charge in [-0.15, -0.1) is 0 Å². The molecule has 0 amide bonds. The Hall–Kier alpha value is -2.24. The third kappa shape index (κ3) is 6.12. The predicted molar refractivity (Wildman–Crippen MR) is 116 cm³/mol. The fraction of sp³-hybridized carbons (Fsp3) is 0.500.